The zero-order chi connectivity index (χ0) is 18.8. The van der Waals surface area contributed by atoms with Gasteiger partial charge in [0.2, 0.25) is 5.91 Å². The molecule has 1 amide bonds. The number of hydrogen-bond donors (Lipinski definition) is 1. The van der Waals surface area contributed by atoms with Crippen LogP contribution in [0.25, 0.3) is 0 Å². The number of hydrogen-bond acceptors (Lipinski definition) is 5. The lowest BCUT2D eigenvalue weighted by Crippen LogP contribution is -2.23. The first-order valence-electron chi connectivity index (χ1n) is 6.50. The van der Waals surface area contributed by atoms with E-state index in [1.54, 1.807) is 0 Å². The fraction of sp³-hybridized carbons (Fsp3) is 0.308. The minimum atomic E-state index is -4.98. The first-order chi connectivity index (χ1) is 11.5. The largest absolute Gasteiger partial charge is 0.416 e. The summed E-state index contributed by atoms with van der Waals surface area (Å²) in [5, 5.41) is 8.54. The van der Waals surface area contributed by atoms with Crippen LogP contribution in [0.5, 0.6) is 0 Å². The van der Waals surface area contributed by atoms with E-state index < -0.39 is 40.3 Å². The Labute approximate surface area is 145 Å². The van der Waals surface area contributed by atoms with Crippen molar-refractivity contribution in [1.82, 2.24) is 10.2 Å². The highest BCUT2D eigenvalue weighted by molar-refractivity contribution is 8.02. The topological polar surface area (TPSA) is 54.9 Å². The third kappa shape index (κ3) is 5.33. The van der Waals surface area contributed by atoms with Crippen molar-refractivity contribution in [2.75, 3.05) is 5.32 Å². The van der Waals surface area contributed by atoms with Crippen LogP contribution in [0.3, 0.4) is 0 Å². The lowest BCUT2D eigenvalue weighted by molar-refractivity contribution is -0.143. The number of carbonyl (C=O) groups excluding carboxylic acids is 1. The molecule has 2 rings (SSSR count). The summed E-state index contributed by atoms with van der Waals surface area (Å²) in [5.41, 5.74) is -2.16. The summed E-state index contributed by atoms with van der Waals surface area (Å²) < 4.78 is 77.2. The molecule has 0 saturated carbocycles. The third-order valence-electron chi connectivity index (χ3n) is 2.84. The van der Waals surface area contributed by atoms with E-state index in [4.69, 9.17) is 0 Å². The number of rotatable bonds is 4. The first kappa shape index (κ1) is 19.5. The lowest BCUT2D eigenvalue weighted by Gasteiger charge is -2.16. The number of nitrogens with zero attached hydrogens (tertiary/aromatic N) is 2. The molecule has 2 aromatic rings. The summed E-state index contributed by atoms with van der Waals surface area (Å²) >= 11 is 2.14. The minimum absolute atomic E-state index is 0.00489. The van der Waals surface area contributed by atoms with Gasteiger partial charge in [-0.3, -0.25) is 4.79 Å². The zero-order valence-corrected chi connectivity index (χ0v) is 13.9. The Kier molecular flexibility index (Phi) is 5.62. The van der Waals surface area contributed by atoms with Crippen LogP contribution in [-0.4, -0.2) is 21.4 Å². The second-order valence-corrected chi connectivity index (χ2v) is 7.17. The van der Waals surface area contributed by atoms with Crippen LogP contribution in [0.15, 0.2) is 28.0 Å². The van der Waals surface area contributed by atoms with Crippen molar-refractivity contribution < 1.29 is 31.1 Å². The van der Waals surface area contributed by atoms with Crippen molar-refractivity contribution in [2.45, 2.75) is 28.9 Å². The Morgan fingerprint density at radius 1 is 1.12 bits per heavy atom. The van der Waals surface area contributed by atoms with E-state index in [1.165, 1.54) is 12.4 Å². The van der Waals surface area contributed by atoms with Crippen molar-refractivity contribution in [1.29, 1.82) is 0 Å². The van der Waals surface area contributed by atoms with Crippen molar-refractivity contribution in [3.05, 3.63) is 34.8 Å². The third-order valence-corrected chi connectivity index (χ3v) is 4.75. The second kappa shape index (κ2) is 7.20. The van der Waals surface area contributed by atoms with Crippen LogP contribution in [0.4, 0.5) is 32.0 Å². The molecular formula is C13H9F6N3OS2. The van der Waals surface area contributed by atoms with E-state index in [9.17, 15) is 31.1 Å². The summed E-state index contributed by atoms with van der Waals surface area (Å²) in [4.78, 5) is 12.0. The quantitative estimate of drug-likeness (QED) is 0.596. The Balaban J connectivity index is 2.24. The van der Waals surface area contributed by atoms with Gasteiger partial charge < -0.3 is 5.32 Å². The van der Waals surface area contributed by atoms with E-state index in [1.807, 2.05) is 0 Å². The molecule has 25 heavy (non-hydrogen) atoms. The maximum absolute atomic E-state index is 12.8. The second-order valence-electron chi connectivity index (χ2n) is 4.75. The van der Waals surface area contributed by atoms with E-state index >= 15 is 0 Å². The van der Waals surface area contributed by atoms with E-state index in [2.05, 4.69) is 15.5 Å². The van der Waals surface area contributed by atoms with Gasteiger partial charge in [0, 0.05) is 5.69 Å². The molecule has 136 valence electrons. The van der Waals surface area contributed by atoms with Gasteiger partial charge in [0.05, 0.1) is 16.4 Å². The molecule has 1 heterocycles. The predicted octanol–water partition coefficient (Wildman–Crippen LogP) is 4.70. The summed E-state index contributed by atoms with van der Waals surface area (Å²) in [6.07, 6.45) is -9.96. The highest BCUT2D eigenvalue weighted by Gasteiger charge is 2.37. The molecule has 4 nitrogen and oxygen atoms in total. The number of alkyl halides is 6. The van der Waals surface area contributed by atoms with Crippen molar-refractivity contribution >= 4 is 34.7 Å². The van der Waals surface area contributed by atoms with Crippen LogP contribution in [-0.2, 0) is 17.1 Å². The maximum atomic E-state index is 12.8. The highest BCUT2D eigenvalue weighted by atomic mass is 32.2. The summed E-state index contributed by atoms with van der Waals surface area (Å²) in [6.45, 7) is 1.44. The van der Waals surface area contributed by atoms with Gasteiger partial charge in [0.15, 0.2) is 4.34 Å². The Morgan fingerprint density at radius 2 is 1.68 bits per heavy atom. The first-order valence-corrected chi connectivity index (χ1v) is 8.26. The maximum Gasteiger partial charge on any atom is 0.416 e. The molecule has 0 bridgehead atoms. The normalized spacial score (nSPS) is 13.6. The molecule has 0 unspecified atom stereocenters. The van der Waals surface area contributed by atoms with Gasteiger partial charge in [-0.1, -0.05) is 23.1 Å². The van der Waals surface area contributed by atoms with Crippen molar-refractivity contribution in [3.8, 4) is 0 Å². The molecule has 0 radical (unpaired) electrons. The standard InChI is InChI=1S/C13H9F6N3OS2/c1-6(25-11-22-20-5-24-11)10(23)21-9-3-7(12(14,15)16)2-8(4-9)13(17,18)19/h2-6H,1H3,(H,21,23)/t6-/m0/s1. The SMILES string of the molecule is C[C@H](Sc1nncs1)C(=O)Nc1cc(C(F)(F)F)cc(C(F)(F)F)c1. The molecule has 0 saturated heterocycles. The number of amides is 1. The monoisotopic (exact) mass is 401 g/mol. The highest BCUT2D eigenvalue weighted by Crippen LogP contribution is 2.37. The fourth-order valence-corrected chi connectivity index (χ4v) is 3.32. The number of benzene rings is 1. The van der Waals surface area contributed by atoms with E-state index in [0.717, 1.165) is 23.1 Å². The number of carbonyl (C=O) groups is 1. The average molecular weight is 401 g/mol. The molecule has 0 aliphatic rings. The van der Waals surface area contributed by atoms with Crippen molar-refractivity contribution in [2.24, 2.45) is 0 Å². The van der Waals surface area contributed by atoms with Gasteiger partial charge in [0.1, 0.15) is 5.51 Å². The van der Waals surface area contributed by atoms with Gasteiger partial charge in [0.25, 0.3) is 0 Å². The molecular weight excluding hydrogens is 392 g/mol. The molecule has 0 aliphatic heterocycles. The number of halogens is 6. The molecule has 1 aromatic carbocycles. The van der Waals surface area contributed by atoms with E-state index in [0.29, 0.717) is 16.5 Å². The van der Waals surface area contributed by atoms with Crippen LogP contribution < -0.4 is 5.32 Å². The Bertz CT molecular complexity index is 713. The van der Waals surface area contributed by atoms with Crippen LogP contribution in [0.1, 0.15) is 18.1 Å². The molecule has 12 heteroatoms. The summed E-state index contributed by atoms with van der Waals surface area (Å²) in [5.74, 6) is -0.757. The summed E-state index contributed by atoms with van der Waals surface area (Å²) in [7, 11) is 0. The molecule has 0 fully saturated rings. The zero-order valence-electron chi connectivity index (χ0n) is 12.3. The average Bonchev–Trinajstić information content (AvgIpc) is 2.98. The van der Waals surface area contributed by atoms with Gasteiger partial charge in [-0.05, 0) is 25.1 Å². The molecule has 1 N–H and O–H groups in total. The summed E-state index contributed by atoms with van der Waals surface area (Å²) in [6, 6.07) is 0.903. The van der Waals surface area contributed by atoms with Gasteiger partial charge in [-0.15, -0.1) is 10.2 Å². The van der Waals surface area contributed by atoms with Gasteiger partial charge in [-0.2, -0.15) is 26.3 Å². The van der Waals surface area contributed by atoms with E-state index in [-0.39, 0.29) is 6.07 Å². The molecule has 1 atom stereocenters. The lowest BCUT2D eigenvalue weighted by atomic mass is 10.1. The predicted molar refractivity (Wildman–Crippen MR) is 80.3 cm³/mol. The molecule has 1 aromatic heterocycles. The Morgan fingerprint density at radius 3 is 2.12 bits per heavy atom. The smallest absolute Gasteiger partial charge is 0.325 e. The number of nitrogens with one attached hydrogen (secondary N) is 1. The van der Waals surface area contributed by atoms with Crippen LogP contribution >= 0.6 is 23.1 Å². The Hall–Kier alpha value is -1.82. The number of aromatic nitrogens is 2. The fourth-order valence-electron chi connectivity index (χ4n) is 1.69. The molecule has 0 spiro atoms. The van der Waals surface area contributed by atoms with Gasteiger partial charge in [-0.25, -0.2) is 0 Å². The number of anilines is 1. The minimum Gasteiger partial charge on any atom is -0.325 e. The van der Waals surface area contributed by atoms with Crippen LogP contribution in [0, 0.1) is 0 Å². The van der Waals surface area contributed by atoms with Gasteiger partial charge >= 0.3 is 12.4 Å². The molecule has 0 aliphatic carbocycles. The van der Waals surface area contributed by atoms with Crippen LogP contribution in [0.2, 0.25) is 0 Å². The van der Waals surface area contributed by atoms with Crippen molar-refractivity contribution in [3.63, 3.8) is 0 Å². The number of thioether (sulfide) groups is 1.